The van der Waals surface area contributed by atoms with Crippen molar-refractivity contribution in [1.29, 1.82) is 0 Å². The Morgan fingerprint density at radius 1 is 1.50 bits per heavy atom. The molecule has 0 aliphatic rings. The van der Waals surface area contributed by atoms with Gasteiger partial charge in [0.1, 0.15) is 5.82 Å². The topological polar surface area (TPSA) is 63.2 Å². The number of nitrogens with one attached hydrogen (secondary N) is 2. The number of rotatable bonds is 7. The number of amides is 1. The van der Waals surface area contributed by atoms with Crippen molar-refractivity contribution < 1.29 is 9.53 Å². The van der Waals surface area contributed by atoms with Gasteiger partial charge in [0.15, 0.2) is 0 Å². The van der Waals surface area contributed by atoms with Crippen LogP contribution in [0.4, 0.5) is 5.82 Å². The molecule has 0 atom stereocenters. The average molecular weight is 316 g/mol. The Hall–Kier alpha value is -1.14. The van der Waals surface area contributed by atoms with Gasteiger partial charge in [0.05, 0.1) is 12.2 Å². The molecule has 1 rings (SSSR count). The first kappa shape index (κ1) is 14.9. The zero-order valence-corrected chi connectivity index (χ0v) is 12.2. The Morgan fingerprint density at radius 3 is 2.94 bits per heavy atom. The van der Waals surface area contributed by atoms with E-state index in [1.165, 1.54) is 0 Å². The lowest BCUT2D eigenvalue weighted by Crippen LogP contribution is -2.28. The molecule has 18 heavy (non-hydrogen) atoms. The first-order valence-corrected chi connectivity index (χ1v) is 6.73. The lowest BCUT2D eigenvalue weighted by atomic mass is 10.2. The Balaban J connectivity index is 2.67. The van der Waals surface area contributed by atoms with Gasteiger partial charge < -0.3 is 15.4 Å². The number of pyridine rings is 1. The van der Waals surface area contributed by atoms with E-state index in [0.717, 1.165) is 4.47 Å². The van der Waals surface area contributed by atoms with Gasteiger partial charge in [-0.3, -0.25) is 4.79 Å². The summed E-state index contributed by atoms with van der Waals surface area (Å²) in [5.41, 5.74) is 0.530. The van der Waals surface area contributed by atoms with Crippen LogP contribution in [0.5, 0.6) is 0 Å². The summed E-state index contributed by atoms with van der Waals surface area (Å²) in [5.74, 6) is 0.439. The maximum Gasteiger partial charge on any atom is 0.255 e. The van der Waals surface area contributed by atoms with Crippen molar-refractivity contribution in [2.75, 3.05) is 31.6 Å². The molecule has 1 aromatic heterocycles. The summed E-state index contributed by atoms with van der Waals surface area (Å²) in [5, 5.41) is 5.86. The maximum atomic E-state index is 12.0. The van der Waals surface area contributed by atoms with Crippen molar-refractivity contribution in [1.82, 2.24) is 10.3 Å². The van der Waals surface area contributed by atoms with Crippen molar-refractivity contribution in [3.63, 3.8) is 0 Å². The molecule has 0 radical (unpaired) electrons. The number of aromatic nitrogens is 1. The van der Waals surface area contributed by atoms with Crippen molar-refractivity contribution in [2.24, 2.45) is 0 Å². The predicted molar refractivity (Wildman–Crippen MR) is 74.9 cm³/mol. The Bertz CT molecular complexity index is 399. The van der Waals surface area contributed by atoms with Crippen LogP contribution in [0, 0.1) is 0 Å². The maximum absolute atomic E-state index is 12.0. The van der Waals surface area contributed by atoms with E-state index in [2.05, 4.69) is 31.5 Å². The summed E-state index contributed by atoms with van der Waals surface area (Å²) >= 11 is 3.31. The molecule has 1 heterocycles. The highest BCUT2D eigenvalue weighted by Crippen LogP contribution is 2.17. The van der Waals surface area contributed by atoms with Crippen LogP contribution in [0.1, 0.15) is 24.2 Å². The minimum absolute atomic E-state index is 0.153. The summed E-state index contributed by atoms with van der Waals surface area (Å²) in [6.07, 6.45) is 1.66. The van der Waals surface area contributed by atoms with Crippen LogP contribution in [0.15, 0.2) is 16.7 Å². The number of anilines is 1. The molecule has 0 saturated heterocycles. The highest BCUT2D eigenvalue weighted by Gasteiger charge is 2.12. The first-order valence-electron chi connectivity index (χ1n) is 5.94. The molecular weight excluding hydrogens is 298 g/mol. The molecule has 100 valence electrons. The molecule has 6 heteroatoms. The van der Waals surface area contributed by atoms with Crippen molar-refractivity contribution >= 4 is 27.7 Å². The highest BCUT2D eigenvalue weighted by molar-refractivity contribution is 9.10. The van der Waals surface area contributed by atoms with Gasteiger partial charge in [-0.05, 0) is 35.8 Å². The van der Waals surface area contributed by atoms with E-state index in [4.69, 9.17) is 4.74 Å². The predicted octanol–water partition coefficient (Wildman–Crippen LogP) is 2.04. The molecular formula is C12H18BrN3O2. The fraction of sp³-hybridized carbons (Fsp3) is 0.500. The summed E-state index contributed by atoms with van der Waals surface area (Å²) in [6, 6.07) is 1.75. The number of hydrogen-bond acceptors (Lipinski definition) is 4. The third kappa shape index (κ3) is 4.62. The molecule has 0 aromatic carbocycles. The zero-order valence-electron chi connectivity index (χ0n) is 10.6. The van der Waals surface area contributed by atoms with Gasteiger partial charge in [0, 0.05) is 30.4 Å². The van der Waals surface area contributed by atoms with Gasteiger partial charge in [-0.1, -0.05) is 0 Å². The monoisotopic (exact) mass is 315 g/mol. The fourth-order valence-electron chi connectivity index (χ4n) is 1.40. The molecule has 0 bridgehead atoms. The minimum Gasteiger partial charge on any atom is -0.380 e. The zero-order chi connectivity index (χ0) is 13.4. The summed E-state index contributed by atoms with van der Waals surface area (Å²) < 4.78 is 5.94. The summed E-state index contributed by atoms with van der Waals surface area (Å²) in [4.78, 5) is 16.2. The molecule has 1 amide bonds. The summed E-state index contributed by atoms with van der Waals surface area (Å²) in [6.45, 7) is 6.25. The van der Waals surface area contributed by atoms with Gasteiger partial charge in [-0.15, -0.1) is 0 Å². The number of carbonyl (C=O) groups is 1. The molecule has 5 nitrogen and oxygen atoms in total. The quantitative estimate of drug-likeness (QED) is 0.756. The third-order valence-corrected chi connectivity index (χ3v) is 2.61. The second-order valence-corrected chi connectivity index (χ2v) is 4.45. The number of halogens is 1. The van der Waals surface area contributed by atoms with Crippen LogP contribution in [-0.2, 0) is 4.74 Å². The SMILES string of the molecule is CCNc1ncc(Br)cc1C(=O)NCCOCC. The first-order chi connectivity index (χ1) is 8.69. The van der Waals surface area contributed by atoms with Gasteiger partial charge in [0.25, 0.3) is 5.91 Å². The van der Waals surface area contributed by atoms with Crippen LogP contribution in [-0.4, -0.2) is 37.2 Å². The molecule has 0 fully saturated rings. The molecule has 0 aliphatic carbocycles. The van der Waals surface area contributed by atoms with Crippen LogP contribution < -0.4 is 10.6 Å². The largest absolute Gasteiger partial charge is 0.380 e. The molecule has 2 N–H and O–H groups in total. The van der Waals surface area contributed by atoms with E-state index < -0.39 is 0 Å². The molecule has 0 spiro atoms. The van der Waals surface area contributed by atoms with Gasteiger partial charge in [-0.2, -0.15) is 0 Å². The molecule has 0 aliphatic heterocycles. The van der Waals surface area contributed by atoms with Gasteiger partial charge in [0.2, 0.25) is 0 Å². The van der Waals surface area contributed by atoms with E-state index >= 15 is 0 Å². The van der Waals surface area contributed by atoms with Crippen molar-refractivity contribution in [3.05, 3.63) is 22.3 Å². The smallest absolute Gasteiger partial charge is 0.255 e. The number of ether oxygens (including phenoxy) is 1. The van der Waals surface area contributed by atoms with Crippen molar-refractivity contribution in [2.45, 2.75) is 13.8 Å². The van der Waals surface area contributed by atoms with Crippen molar-refractivity contribution in [3.8, 4) is 0 Å². The average Bonchev–Trinajstić information content (AvgIpc) is 2.37. The number of hydrogen-bond donors (Lipinski definition) is 2. The normalized spacial score (nSPS) is 10.2. The standard InChI is InChI=1S/C12H18BrN3O2/c1-3-14-11-10(7-9(13)8-16-11)12(17)15-5-6-18-4-2/h7-8H,3-6H2,1-2H3,(H,14,16)(H,15,17). The number of nitrogens with zero attached hydrogens (tertiary/aromatic N) is 1. The number of carbonyl (C=O) groups excluding carboxylic acids is 1. The van der Waals surface area contributed by atoms with Crippen LogP contribution >= 0.6 is 15.9 Å². The van der Waals surface area contributed by atoms with Crippen LogP contribution in [0.3, 0.4) is 0 Å². The second kappa shape index (κ2) is 8.05. The van der Waals surface area contributed by atoms with Crippen LogP contribution in [0.25, 0.3) is 0 Å². The lowest BCUT2D eigenvalue weighted by molar-refractivity contribution is 0.0923. The van der Waals surface area contributed by atoms with Gasteiger partial charge in [-0.25, -0.2) is 4.98 Å². The molecule has 0 saturated carbocycles. The third-order valence-electron chi connectivity index (χ3n) is 2.18. The van der Waals surface area contributed by atoms with E-state index in [9.17, 15) is 4.79 Å². The fourth-order valence-corrected chi connectivity index (χ4v) is 1.73. The van der Waals surface area contributed by atoms with E-state index in [0.29, 0.717) is 37.7 Å². The lowest BCUT2D eigenvalue weighted by Gasteiger charge is -2.10. The van der Waals surface area contributed by atoms with E-state index in [-0.39, 0.29) is 5.91 Å². The highest BCUT2D eigenvalue weighted by atomic mass is 79.9. The Kier molecular flexibility index (Phi) is 6.67. The Morgan fingerprint density at radius 2 is 2.28 bits per heavy atom. The van der Waals surface area contributed by atoms with E-state index in [1.54, 1.807) is 12.3 Å². The van der Waals surface area contributed by atoms with Gasteiger partial charge >= 0.3 is 0 Å². The molecule has 1 aromatic rings. The van der Waals surface area contributed by atoms with Crippen LogP contribution in [0.2, 0.25) is 0 Å². The Labute approximate surface area is 115 Å². The molecule has 0 unspecified atom stereocenters. The minimum atomic E-state index is -0.153. The summed E-state index contributed by atoms with van der Waals surface area (Å²) in [7, 11) is 0. The second-order valence-electron chi connectivity index (χ2n) is 3.53. The van der Waals surface area contributed by atoms with E-state index in [1.807, 2.05) is 13.8 Å².